The predicted molar refractivity (Wildman–Crippen MR) is 103 cm³/mol. The number of anilines is 1. The monoisotopic (exact) mass is 437 g/mol. The molecule has 3 rings (SSSR count). The molecule has 128 valence electrons. The predicted octanol–water partition coefficient (Wildman–Crippen LogP) is 4.02. The number of benzene rings is 1. The maximum Gasteiger partial charge on any atom is 0.234 e. The summed E-state index contributed by atoms with van der Waals surface area (Å²) in [7, 11) is 1.86. The van der Waals surface area contributed by atoms with E-state index in [0.29, 0.717) is 21.7 Å². The van der Waals surface area contributed by atoms with Gasteiger partial charge in [-0.05, 0) is 30.3 Å². The van der Waals surface area contributed by atoms with Crippen LogP contribution in [0.15, 0.2) is 52.4 Å². The lowest BCUT2D eigenvalue weighted by atomic mass is 10.3. The molecule has 6 nitrogen and oxygen atoms in total. The number of nitrogens with one attached hydrogen (secondary N) is 1. The summed E-state index contributed by atoms with van der Waals surface area (Å²) in [4.78, 5) is 16.2. The second-order valence-corrected chi connectivity index (χ2v) is 7.33. The van der Waals surface area contributed by atoms with Crippen LogP contribution in [0.1, 0.15) is 0 Å². The molecule has 0 radical (unpaired) electrons. The van der Waals surface area contributed by atoms with Gasteiger partial charge >= 0.3 is 0 Å². The highest BCUT2D eigenvalue weighted by atomic mass is 79.9. The average molecular weight is 439 g/mol. The summed E-state index contributed by atoms with van der Waals surface area (Å²) >= 11 is 10.7. The fourth-order valence-corrected chi connectivity index (χ4v) is 3.53. The Morgan fingerprint density at radius 1 is 1.36 bits per heavy atom. The Balaban J connectivity index is 1.64. The van der Waals surface area contributed by atoms with Crippen molar-refractivity contribution in [2.24, 2.45) is 7.05 Å². The van der Waals surface area contributed by atoms with E-state index in [0.717, 1.165) is 10.0 Å². The first-order valence-electron chi connectivity index (χ1n) is 7.22. The zero-order chi connectivity index (χ0) is 17.8. The molecule has 0 spiro atoms. The topological polar surface area (TPSA) is 72.7 Å². The van der Waals surface area contributed by atoms with Crippen LogP contribution < -0.4 is 5.32 Å². The SMILES string of the molecule is Cn1c(SCC(=O)Nc2ccc(Br)cc2Cl)nnc1-c1cccnc1. The third kappa shape index (κ3) is 4.39. The van der Waals surface area contributed by atoms with Crippen molar-refractivity contribution < 1.29 is 4.79 Å². The molecular weight excluding hydrogens is 426 g/mol. The molecule has 1 amide bonds. The summed E-state index contributed by atoms with van der Waals surface area (Å²) in [5.41, 5.74) is 1.44. The molecule has 9 heteroatoms. The summed E-state index contributed by atoms with van der Waals surface area (Å²) in [6, 6.07) is 9.04. The van der Waals surface area contributed by atoms with Crippen molar-refractivity contribution in [3.63, 3.8) is 0 Å². The molecule has 2 heterocycles. The second kappa shape index (κ2) is 7.99. The largest absolute Gasteiger partial charge is 0.324 e. The Labute approximate surface area is 162 Å². The van der Waals surface area contributed by atoms with Crippen LogP contribution >= 0.6 is 39.3 Å². The van der Waals surface area contributed by atoms with Crippen molar-refractivity contribution in [3.05, 3.63) is 52.2 Å². The van der Waals surface area contributed by atoms with Crippen LogP contribution in [-0.2, 0) is 11.8 Å². The van der Waals surface area contributed by atoms with Crippen molar-refractivity contribution >= 4 is 50.9 Å². The van der Waals surface area contributed by atoms with Gasteiger partial charge in [-0.25, -0.2) is 0 Å². The molecule has 0 aliphatic heterocycles. The van der Waals surface area contributed by atoms with Crippen LogP contribution in [0, 0.1) is 0 Å². The first-order valence-corrected chi connectivity index (χ1v) is 9.38. The van der Waals surface area contributed by atoms with E-state index in [-0.39, 0.29) is 11.7 Å². The van der Waals surface area contributed by atoms with Gasteiger partial charge in [-0.3, -0.25) is 9.78 Å². The number of pyridine rings is 1. The van der Waals surface area contributed by atoms with Crippen LogP contribution in [0.5, 0.6) is 0 Å². The fraction of sp³-hybridized carbons (Fsp3) is 0.125. The molecule has 0 atom stereocenters. The number of rotatable bonds is 5. The van der Waals surface area contributed by atoms with Gasteiger partial charge in [0.05, 0.1) is 16.5 Å². The number of carbonyl (C=O) groups excluding carboxylic acids is 1. The molecule has 2 aromatic heterocycles. The van der Waals surface area contributed by atoms with E-state index < -0.39 is 0 Å². The van der Waals surface area contributed by atoms with E-state index in [1.54, 1.807) is 24.5 Å². The van der Waals surface area contributed by atoms with Crippen LogP contribution in [-0.4, -0.2) is 31.4 Å². The summed E-state index contributed by atoms with van der Waals surface area (Å²) in [6.07, 6.45) is 3.42. The minimum atomic E-state index is -0.167. The Bertz CT molecular complexity index is 903. The molecular formula is C16H13BrClN5OS. The normalized spacial score (nSPS) is 10.7. The van der Waals surface area contributed by atoms with Crippen LogP contribution in [0.25, 0.3) is 11.4 Å². The maximum atomic E-state index is 12.1. The van der Waals surface area contributed by atoms with Crippen molar-refractivity contribution in [3.8, 4) is 11.4 Å². The number of hydrogen-bond acceptors (Lipinski definition) is 5. The second-order valence-electron chi connectivity index (χ2n) is 5.07. The molecule has 25 heavy (non-hydrogen) atoms. The molecule has 0 fully saturated rings. The van der Waals surface area contributed by atoms with Gasteiger partial charge in [-0.15, -0.1) is 10.2 Å². The number of nitrogens with zero attached hydrogens (tertiary/aromatic N) is 4. The van der Waals surface area contributed by atoms with Gasteiger partial charge in [-0.1, -0.05) is 39.3 Å². The molecule has 0 aliphatic carbocycles. The summed E-state index contributed by atoms with van der Waals surface area (Å²) in [5, 5.41) is 12.2. The zero-order valence-corrected chi connectivity index (χ0v) is 16.3. The van der Waals surface area contributed by atoms with E-state index in [1.807, 2.05) is 29.8 Å². The van der Waals surface area contributed by atoms with Crippen molar-refractivity contribution in [2.75, 3.05) is 11.1 Å². The molecule has 0 saturated carbocycles. The first-order chi connectivity index (χ1) is 12.0. The lowest BCUT2D eigenvalue weighted by molar-refractivity contribution is -0.113. The minimum Gasteiger partial charge on any atom is -0.324 e. The summed E-state index contributed by atoms with van der Waals surface area (Å²) in [6.45, 7) is 0. The quantitative estimate of drug-likeness (QED) is 0.609. The highest BCUT2D eigenvalue weighted by Crippen LogP contribution is 2.26. The number of thioether (sulfide) groups is 1. The Kier molecular flexibility index (Phi) is 5.72. The van der Waals surface area contributed by atoms with Crippen LogP contribution in [0.3, 0.4) is 0 Å². The highest BCUT2D eigenvalue weighted by molar-refractivity contribution is 9.10. The van der Waals surface area contributed by atoms with Gasteiger partial charge < -0.3 is 9.88 Å². The smallest absolute Gasteiger partial charge is 0.234 e. The molecule has 1 aromatic carbocycles. The third-order valence-electron chi connectivity index (χ3n) is 3.29. The van der Waals surface area contributed by atoms with E-state index in [2.05, 4.69) is 36.4 Å². The summed E-state index contributed by atoms with van der Waals surface area (Å²) in [5.74, 6) is 0.734. The van der Waals surface area contributed by atoms with Crippen molar-refractivity contribution in [1.82, 2.24) is 19.7 Å². The van der Waals surface area contributed by atoms with Gasteiger partial charge in [0, 0.05) is 29.5 Å². The molecule has 1 N–H and O–H groups in total. The molecule has 0 unspecified atom stereocenters. The number of halogens is 2. The first kappa shape index (κ1) is 17.9. The number of carbonyl (C=O) groups is 1. The van der Waals surface area contributed by atoms with E-state index in [1.165, 1.54) is 11.8 Å². The van der Waals surface area contributed by atoms with Gasteiger partial charge in [0.15, 0.2) is 11.0 Å². The Hall–Kier alpha value is -1.90. The average Bonchev–Trinajstić information content (AvgIpc) is 2.97. The van der Waals surface area contributed by atoms with Crippen LogP contribution in [0.2, 0.25) is 5.02 Å². The van der Waals surface area contributed by atoms with E-state index >= 15 is 0 Å². The molecule has 0 saturated heterocycles. The zero-order valence-electron chi connectivity index (χ0n) is 13.1. The number of hydrogen-bond donors (Lipinski definition) is 1. The molecule has 0 aliphatic rings. The molecule has 0 bridgehead atoms. The van der Waals surface area contributed by atoms with Crippen molar-refractivity contribution in [1.29, 1.82) is 0 Å². The maximum absolute atomic E-state index is 12.1. The fourth-order valence-electron chi connectivity index (χ4n) is 2.09. The third-order valence-corrected chi connectivity index (χ3v) is 5.12. The van der Waals surface area contributed by atoms with Crippen molar-refractivity contribution in [2.45, 2.75) is 5.16 Å². The highest BCUT2D eigenvalue weighted by Gasteiger charge is 2.13. The van der Waals surface area contributed by atoms with Gasteiger partial charge in [0.1, 0.15) is 0 Å². The van der Waals surface area contributed by atoms with E-state index in [4.69, 9.17) is 11.6 Å². The lowest BCUT2D eigenvalue weighted by Crippen LogP contribution is -2.14. The van der Waals surface area contributed by atoms with Gasteiger partial charge in [0.25, 0.3) is 0 Å². The number of amides is 1. The van der Waals surface area contributed by atoms with Crippen LogP contribution in [0.4, 0.5) is 5.69 Å². The van der Waals surface area contributed by atoms with Gasteiger partial charge in [0.2, 0.25) is 5.91 Å². The number of aromatic nitrogens is 4. The standard InChI is InChI=1S/C16H13BrClN5OS/c1-23-15(10-3-2-6-19-8-10)21-22-16(23)25-9-14(24)20-13-5-4-11(17)7-12(13)18/h2-8H,9H2,1H3,(H,20,24). The van der Waals surface area contributed by atoms with Gasteiger partial charge in [-0.2, -0.15) is 0 Å². The Morgan fingerprint density at radius 3 is 2.92 bits per heavy atom. The molecule has 3 aromatic rings. The Morgan fingerprint density at radius 2 is 2.20 bits per heavy atom. The van der Waals surface area contributed by atoms with E-state index in [9.17, 15) is 4.79 Å². The lowest BCUT2D eigenvalue weighted by Gasteiger charge is -2.07. The summed E-state index contributed by atoms with van der Waals surface area (Å²) < 4.78 is 2.69. The minimum absolute atomic E-state index is 0.167.